The van der Waals surface area contributed by atoms with Gasteiger partial charge in [0.05, 0.1) is 6.61 Å². The zero-order valence-corrected chi connectivity index (χ0v) is 10.4. The molecule has 1 N–H and O–H groups in total. The van der Waals surface area contributed by atoms with Gasteiger partial charge in [0.2, 0.25) is 0 Å². The fourth-order valence-electron chi connectivity index (χ4n) is 1.65. The Kier molecular flexibility index (Phi) is 11.5. The molecule has 0 bridgehead atoms. The molecule has 0 aliphatic heterocycles. The molecule has 1 unspecified atom stereocenters. The third-order valence-electron chi connectivity index (χ3n) is 2.51. The van der Waals surface area contributed by atoms with Gasteiger partial charge < -0.3 is 10.1 Å². The Bertz CT molecular complexity index is 136. The minimum absolute atomic E-state index is 0.540. The fourth-order valence-corrected chi connectivity index (χ4v) is 1.65. The predicted molar refractivity (Wildman–Crippen MR) is 67.2 cm³/mol. The lowest BCUT2D eigenvalue weighted by Gasteiger charge is -2.17. The summed E-state index contributed by atoms with van der Waals surface area (Å²) in [7, 11) is 1.78. The monoisotopic (exact) mass is 213 g/mol. The van der Waals surface area contributed by atoms with E-state index < -0.39 is 0 Å². The summed E-state index contributed by atoms with van der Waals surface area (Å²) in [5, 5.41) is 3.52. The molecule has 0 aliphatic carbocycles. The molecule has 0 saturated heterocycles. The van der Waals surface area contributed by atoms with Crippen LogP contribution >= 0.6 is 0 Å². The van der Waals surface area contributed by atoms with Crippen LogP contribution in [0.4, 0.5) is 0 Å². The molecule has 90 valence electrons. The number of unbranched alkanes of at least 4 members (excludes halogenated alkanes) is 3. The molecule has 1 atom stereocenters. The van der Waals surface area contributed by atoms with E-state index in [1.807, 2.05) is 6.08 Å². The second kappa shape index (κ2) is 11.7. The van der Waals surface area contributed by atoms with Crippen LogP contribution in [-0.2, 0) is 4.74 Å². The van der Waals surface area contributed by atoms with Crippen molar-refractivity contribution in [1.82, 2.24) is 5.32 Å². The number of methoxy groups -OCH3 is 1. The average Bonchev–Trinajstić information content (AvgIpc) is 2.25. The summed E-state index contributed by atoms with van der Waals surface area (Å²) < 4.78 is 5.20. The van der Waals surface area contributed by atoms with Gasteiger partial charge in [-0.05, 0) is 32.2 Å². The van der Waals surface area contributed by atoms with Gasteiger partial charge in [-0.15, -0.1) is 6.58 Å². The van der Waals surface area contributed by atoms with Gasteiger partial charge in [-0.2, -0.15) is 0 Å². The van der Waals surface area contributed by atoms with Gasteiger partial charge >= 0.3 is 0 Å². The molecular weight excluding hydrogens is 186 g/mol. The van der Waals surface area contributed by atoms with Gasteiger partial charge in [0.25, 0.3) is 0 Å². The standard InChI is InChI=1S/C13H27NO/c1-4-6-7-8-9-10-13(12-15-3)14-11-5-2/h4,13-14H,1,5-12H2,2-3H3. The second-order valence-corrected chi connectivity index (χ2v) is 4.03. The molecule has 0 amide bonds. The molecule has 0 aromatic carbocycles. The normalized spacial score (nSPS) is 12.7. The molecule has 2 nitrogen and oxygen atoms in total. The van der Waals surface area contributed by atoms with Crippen LogP contribution in [0.15, 0.2) is 12.7 Å². The Morgan fingerprint density at radius 2 is 2.13 bits per heavy atom. The third kappa shape index (κ3) is 9.95. The number of ether oxygens (including phenoxy) is 1. The molecule has 0 spiro atoms. The molecule has 0 rings (SSSR count). The Balaban J connectivity index is 3.42. The lowest BCUT2D eigenvalue weighted by Crippen LogP contribution is -2.33. The topological polar surface area (TPSA) is 21.3 Å². The zero-order valence-electron chi connectivity index (χ0n) is 10.4. The highest BCUT2D eigenvalue weighted by molar-refractivity contribution is 4.68. The lowest BCUT2D eigenvalue weighted by molar-refractivity contribution is 0.161. The van der Waals surface area contributed by atoms with Gasteiger partial charge in [0, 0.05) is 13.2 Å². The van der Waals surface area contributed by atoms with Crippen LogP contribution in [0.2, 0.25) is 0 Å². The molecule has 0 heterocycles. The first kappa shape index (κ1) is 14.7. The molecule has 0 radical (unpaired) electrons. The van der Waals surface area contributed by atoms with Crippen LogP contribution in [0.1, 0.15) is 45.4 Å². The van der Waals surface area contributed by atoms with Crippen LogP contribution in [0.5, 0.6) is 0 Å². The van der Waals surface area contributed by atoms with E-state index >= 15 is 0 Å². The van der Waals surface area contributed by atoms with Crippen molar-refractivity contribution < 1.29 is 4.74 Å². The van der Waals surface area contributed by atoms with Crippen molar-refractivity contribution >= 4 is 0 Å². The predicted octanol–water partition coefficient (Wildman–Crippen LogP) is 3.14. The summed E-state index contributed by atoms with van der Waals surface area (Å²) in [6, 6.07) is 0.540. The maximum Gasteiger partial charge on any atom is 0.0615 e. The van der Waals surface area contributed by atoms with Gasteiger partial charge in [-0.3, -0.25) is 0 Å². The lowest BCUT2D eigenvalue weighted by atomic mass is 10.1. The van der Waals surface area contributed by atoms with E-state index in [2.05, 4.69) is 18.8 Å². The SMILES string of the molecule is C=CCCCCCC(COC)NCCC. The van der Waals surface area contributed by atoms with Crippen LogP contribution in [0, 0.1) is 0 Å². The highest BCUT2D eigenvalue weighted by Crippen LogP contribution is 2.06. The van der Waals surface area contributed by atoms with E-state index in [-0.39, 0.29) is 0 Å². The highest BCUT2D eigenvalue weighted by atomic mass is 16.5. The van der Waals surface area contributed by atoms with Crippen LogP contribution < -0.4 is 5.32 Å². The summed E-state index contributed by atoms with van der Waals surface area (Å²) in [5.74, 6) is 0. The highest BCUT2D eigenvalue weighted by Gasteiger charge is 2.05. The van der Waals surface area contributed by atoms with E-state index in [0.717, 1.165) is 19.6 Å². The van der Waals surface area contributed by atoms with E-state index in [1.54, 1.807) is 7.11 Å². The van der Waals surface area contributed by atoms with Gasteiger partial charge in [0.1, 0.15) is 0 Å². The Labute approximate surface area is 95.1 Å². The first-order valence-corrected chi connectivity index (χ1v) is 6.18. The number of hydrogen-bond donors (Lipinski definition) is 1. The second-order valence-electron chi connectivity index (χ2n) is 4.03. The number of allylic oxidation sites excluding steroid dienone is 1. The van der Waals surface area contributed by atoms with Crippen molar-refractivity contribution in [1.29, 1.82) is 0 Å². The van der Waals surface area contributed by atoms with Crippen molar-refractivity contribution in [3.8, 4) is 0 Å². The van der Waals surface area contributed by atoms with Crippen molar-refractivity contribution in [3.05, 3.63) is 12.7 Å². The molecule has 0 aliphatic rings. The van der Waals surface area contributed by atoms with E-state index in [4.69, 9.17) is 4.74 Å². The number of hydrogen-bond acceptors (Lipinski definition) is 2. The zero-order chi connectivity index (χ0) is 11.4. The van der Waals surface area contributed by atoms with E-state index in [0.29, 0.717) is 6.04 Å². The maximum atomic E-state index is 5.20. The van der Waals surface area contributed by atoms with Crippen LogP contribution in [0.3, 0.4) is 0 Å². The molecule has 2 heteroatoms. The first-order chi connectivity index (χ1) is 7.35. The summed E-state index contributed by atoms with van der Waals surface area (Å²) in [5.41, 5.74) is 0. The summed E-state index contributed by atoms with van der Waals surface area (Å²) in [6.07, 6.45) is 9.44. The van der Waals surface area contributed by atoms with Crippen LogP contribution in [-0.4, -0.2) is 26.3 Å². The maximum absolute atomic E-state index is 5.20. The average molecular weight is 213 g/mol. The molecule has 15 heavy (non-hydrogen) atoms. The molecular formula is C13H27NO. The minimum atomic E-state index is 0.540. The van der Waals surface area contributed by atoms with E-state index in [9.17, 15) is 0 Å². The molecule has 0 saturated carbocycles. The largest absolute Gasteiger partial charge is 0.383 e. The van der Waals surface area contributed by atoms with Crippen molar-refractivity contribution in [3.63, 3.8) is 0 Å². The van der Waals surface area contributed by atoms with E-state index in [1.165, 1.54) is 32.1 Å². The van der Waals surface area contributed by atoms with Crippen molar-refractivity contribution in [2.45, 2.75) is 51.5 Å². The molecule has 0 aromatic rings. The number of nitrogens with one attached hydrogen (secondary N) is 1. The molecule has 0 fully saturated rings. The number of rotatable bonds is 11. The smallest absolute Gasteiger partial charge is 0.0615 e. The third-order valence-corrected chi connectivity index (χ3v) is 2.51. The summed E-state index contributed by atoms with van der Waals surface area (Å²) in [6.45, 7) is 7.86. The summed E-state index contributed by atoms with van der Waals surface area (Å²) in [4.78, 5) is 0. The Morgan fingerprint density at radius 3 is 2.73 bits per heavy atom. The fraction of sp³-hybridized carbons (Fsp3) is 0.846. The minimum Gasteiger partial charge on any atom is -0.383 e. The summed E-state index contributed by atoms with van der Waals surface area (Å²) >= 11 is 0. The van der Waals surface area contributed by atoms with Gasteiger partial charge in [0.15, 0.2) is 0 Å². The van der Waals surface area contributed by atoms with Crippen molar-refractivity contribution in [2.24, 2.45) is 0 Å². The quantitative estimate of drug-likeness (QED) is 0.420. The first-order valence-electron chi connectivity index (χ1n) is 6.18. The molecule has 0 aromatic heterocycles. The van der Waals surface area contributed by atoms with Crippen LogP contribution in [0.25, 0.3) is 0 Å². The van der Waals surface area contributed by atoms with Crippen molar-refractivity contribution in [2.75, 3.05) is 20.3 Å². The van der Waals surface area contributed by atoms with Gasteiger partial charge in [-0.1, -0.05) is 25.8 Å². The Hall–Kier alpha value is -0.340. The Morgan fingerprint density at radius 1 is 1.33 bits per heavy atom. The van der Waals surface area contributed by atoms with Gasteiger partial charge in [-0.25, -0.2) is 0 Å².